The van der Waals surface area contributed by atoms with Crippen molar-refractivity contribution < 1.29 is 19.4 Å². The first-order chi connectivity index (χ1) is 11.7. The number of carbonyl (C=O) groups is 2. The second kappa shape index (κ2) is 13.3. The van der Waals surface area contributed by atoms with Crippen LogP contribution in [-0.2, 0) is 14.3 Å². The van der Waals surface area contributed by atoms with Gasteiger partial charge in [0.2, 0.25) is 11.8 Å². The summed E-state index contributed by atoms with van der Waals surface area (Å²) in [6.45, 7) is 6.13. The number of ether oxygens (including phenoxy) is 1. The molecule has 0 aliphatic carbocycles. The zero-order chi connectivity index (χ0) is 17.6. The van der Waals surface area contributed by atoms with Crippen molar-refractivity contribution in [2.24, 2.45) is 0 Å². The van der Waals surface area contributed by atoms with Gasteiger partial charge in [-0.3, -0.25) is 9.59 Å². The Kier molecular flexibility index (Phi) is 11.6. The van der Waals surface area contributed by atoms with Crippen molar-refractivity contribution in [3.63, 3.8) is 0 Å². The van der Waals surface area contributed by atoms with Crippen molar-refractivity contribution in [1.29, 1.82) is 0 Å². The molecule has 24 heavy (non-hydrogen) atoms. The van der Waals surface area contributed by atoms with E-state index in [-0.39, 0.29) is 18.4 Å². The van der Waals surface area contributed by atoms with Gasteiger partial charge in [-0.1, -0.05) is 19.1 Å². The van der Waals surface area contributed by atoms with Crippen LogP contribution in [0.15, 0.2) is 12.2 Å². The number of thioether (sulfide) groups is 1. The Labute approximate surface area is 149 Å². The Bertz CT molecular complexity index is 398. The largest absolute Gasteiger partial charge is 0.395 e. The number of nitrogens with zero attached hydrogens (tertiary/aromatic N) is 2. The molecule has 1 N–H and O–H groups in total. The van der Waals surface area contributed by atoms with Crippen molar-refractivity contribution in [3.8, 4) is 0 Å². The molecule has 0 aromatic carbocycles. The van der Waals surface area contributed by atoms with E-state index in [0.29, 0.717) is 31.9 Å². The van der Waals surface area contributed by atoms with E-state index < -0.39 is 0 Å². The van der Waals surface area contributed by atoms with Gasteiger partial charge in [0, 0.05) is 38.4 Å². The minimum absolute atomic E-state index is 0.0618. The van der Waals surface area contributed by atoms with Crippen LogP contribution in [0.4, 0.5) is 0 Å². The third kappa shape index (κ3) is 8.70. The second-order valence-corrected chi connectivity index (χ2v) is 6.61. The molecule has 0 atom stereocenters. The summed E-state index contributed by atoms with van der Waals surface area (Å²) < 4.78 is 5.10. The summed E-state index contributed by atoms with van der Waals surface area (Å²) in [7, 11) is 0. The number of hydrogen-bond acceptors (Lipinski definition) is 5. The maximum absolute atomic E-state index is 11.6. The minimum Gasteiger partial charge on any atom is -0.395 e. The van der Waals surface area contributed by atoms with Gasteiger partial charge in [-0.15, -0.1) is 11.8 Å². The molecule has 138 valence electrons. The fraction of sp³-hybridized carbons (Fsp3) is 0.765. The first kappa shape index (κ1) is 21.0. The lowest BCUT2D eigenvalue weighted by molar-refractivity contribution is -0.134. The lowest BCUT2D eigenvalue weighted by Crippen LogP contribution is -2.40. The number of carbonyl (C=O) groups excluding carboxylic acids is 2. The first-order valence-corrected chi connectivity index (χ1v) is 9.81. The molecule has 0 bridgehead atoms. The van der Waals surface area contributed by atoms with Gasteiger partial charge in [-0.2, -0.15) is 0 Å². The van der Waals surface area contributed by atoms with Crippen molar-refractivity contribution in [3.05, 3.63) is 12.2 Å². The van der Waals surface area contributed by atoms with Crippen molar-refractivity contribution in [2.75, 3.05) is 57.5 Å². The average molecular weight is 359 g/mol. The Balaban J connectivity index is 0.000000254. The standard InChI is InChI=1S/C10H17NO2S.C7H13NO2/c12-7-6-11-5-3-1-2-4-8-14-9-10(11)13;1-2-7(9)8-3-5-10-6-4-8/h2,4,12H,1,3,5-9H2;2-6H2,1H3/b4-2-;. The summed E-state index contributed by atoms with van der Waals surface area (Å²) in [6.07, 6.45) is 6.92. The summed E-state index contributed by atoms with van der Waals surface area (Å²) >= 11 is 1.63. The normalized spacial score (nSPS) is 20.8. The molecule has 2 aliphatic rings. The molecule has 0 unspecified atom stereocenters. The summed E-state index contributed by atoms with van der Waals surface area (Å²) in [5.41, 5.74) is 0. The molecule has 2 heterocycles. The average Bonchev–Trinajstić information content (AvgIpc) is 2.63. The smallest absolute Gasteiger partial charge is 0.232 e. The van der Waals surface area contributed by atoms with Crippen LogP contribution in [0.3, 0.4) is 0 Å². The summed E-state index contributed by atoms with van der Waals surface area (Å²) in [4.78, 5) is 26.2. The maximum Gasteiger partial charge on any atom is 0.232 e. The van der Waals surface area contributed by atoms with Gasteiger partial charge in [0.1, 0.15) is 0 Å². The Morgan fingerprint density at radius 1 is 1.29 bits per heavy atom. The Hall–Kier alpha value is -1.05. The van der Waals surface area contributed by atoms with Gasteiger partial charge in [0.25, 0.3) is 0 Å². The van der Waals surface area contributed by atoms with E-state index in [9.17, 15) is 9.59 Å². The van der Waals surface area contributed by atoms with Gasteiger partial charge in [0.05, 0.1) is 25.6 Å². The predicted octanol–water partition coefficient (Wildman–Crippen LogP) is 1.15. The molecule has 0 saturated carbocycles. The van der Waals surface area contributed by atoms with Gasteiger partial charge < -0.3 is 19.6 Å². The van der Waals surface area contributed by atoms with Crippen LogP contribution in [0.1, 0.15) is 26.2 Å². The summed E-state index contributed by atoms with van der Waals surface area (Å²) in [5.74, 6) is 1.84. The van der Waals surface area contributed by atoms with Crippen LogP contribution in [0.2, 0.25) is 0 Å². The molecule has 1 fully saturated rings. The fourth-order valence-corrected chi connectivity index (χ4v) is 3.16. The number of aliphatic hydroxyl groups is 1. The van der Waals surface area contributed by atoms with Gasteiger partial charge in [-0.25, -0.2) is 0 Å². The molecule has 2 amide bonds. The SMILES string of the molecule is CCC(=O)N1CCOCC1.O=C1CSC/C=C\CCCN1CCO. The van der Waals surface area contributed by atoms with E-state index in [1.54, 1.807) is 16.7 Å². The third-order valence-electron chi connectivity index (χ3n) is 3.79. The summed E-state index contributed by atoms with van der Waals surface area (Å²) in [6, 6.07) is 0. The van der Waals surface area contributed by atoms with Crippen LogP contribution in [-0.4, -0.2) is 84.2 Å². The zero-order valence-corrected chi connectivity index (χ0v) is 15.4. The third-order valence-corrected chi connectivity index (χ3v) is 4.67. The van der Waals surface area contributed by atoms with E-state index in [2.05, 4.69) is 12.2 Å². The molecular weight excluding hydrogens is 328 g/mol. The minimum atomic E-state index is 0.0618. The van der Waals surface area contributed by atoms with Crippen molar-refractivity contribution in [1.82, 2.24) is 9.80 Å². The summed E-state index contributed by atoms with van der Waals surface area (Å²) in [5, 5.41) is 8.81. The molecule has 2 rings (SSSR count). The number of hydrogen-bond donors (Lipinski definition) is 1. The molecule has 0 aromatic heterocycles. The molecule has 6 nitrogen and oxygen atoms in total. The molecule has 0 spiro atoms. The second-order valence-electron chi connectivity index (χ2n) is 5.58. The zero-order valence-electron chi connectivity index (χ0n) is 14.6. The van der Waals surface area contributed by atoms with Gasteiger partial charge in [-0.05, 0) is 12.8 Å². The number of morpholine rings is 1. The van der Waals surface area contributed by atoms with Crippen LogP contribution >= 0.6 is 11.8 Å². The number of β-amino-alcohol motifs (C(OH)–C–C–N with tert-alkyl or cyclic N) is 1. The molecular formula is C17H30N2O4S. The number of allylic oxidation sites excluding steroid dienone is 1. The van der Waals surface area contributed by atoms with Crippen LogP contribution in [0.5, 0.6) is 0 Å². The number of amides is 2. The van der Waals surface area contributed by atoms with E-state index in [1.807, 2.05) is 11.8 Å². The molecule has 1 saturated heterocycles. The molecule has 0 radical (unpaired) electrons. The van der Waals surface area contributed by atoms with E-state index in [4.69, 9.17) is 9.84 Å². The monoisotopic (exact) mass is 358 g/mol. The first-order valence-electron chi connectivity index (χ1n) is 8.66. The lowest BCUT2D eigenvalue weighted by atomic mass is 10.2. The maximum atomic E-state index is 11.6. The highest BCUT2D eigenvalue weighted by atomic mass is 32.2. The van der Waals surface area contributed by atoms with Gasteiger partial charge in [0.15, 0.2) is 0 Å². The van der Waals surface area contributed by atoms with Crippen LogP contribution in [0.25, 0.3) is 0 Å². The van der Waals surface area contributed by atoms with E-state index in [0.717, 1.165) is 38.2 Å². The highest BCUT2D eigenvalue weighted by molar-refractivity contribution is 8.00. The van der Waals surface area contributed by atoms with Crippen molar-refractivity contribution in [2.45, 2.75) is 26.2 Å². The van der Waals surface area contributed by atoms with Crippen LogP contribution in [0, 0.1) is 0 Å². The molecule has 7 heteroatoms. The number of aliphatic hydroxyl groups excluding tert-OH is 1. The van der Waals surface area contributed by atoms with Crippen LogP contribution < -0.4 is 0 Å². The lowest BCUT2D eigenvalue weighted by Gasteiger charge is -2.26. The van der Waals surface area contributed by atoms with E-state index >= 15 is 0 Å². The number of rotatable bonds is 3. The Morgan fingerprint density at radius 3 is 2.71 bits per heavy atom. The molecule has 2 aliphatic heterocycles. The quantitative estimate of drug-likeness (QED) is 0.767. The van der Waals surface area contributed by atoms with Gasteiger partial charge >= 0.3 is 0 Å². The topological polar surface area (TPSA) is 70.1 Å². The highest BCUT2D eigenvalue weighted by Gasteiger charge is 2.14. The van der Waals surface area contributed by atoms with Crippen molar-refractivity contribution >= 4 is 23.6 Å². The highest BCUT2D eigenvalue weighted by Crippen LogP contribution is 2.07. The fourth-order valence-electron chi connectivity index (χ4n) is 2.41. The predicted molar refractivity (Wildman–Crippen MR) is 97.1 cm³/mol. The van der Waals surface area contributed by atoms with E-state index in [1.165, 1.54) is 0 Å². The Morgan fingerprint density at radius 2 is 2.04 bits per heavy atom. The molecule has 0 aromatic rings.